The van der Waals surface area contributed by atoms with Crippen molar-refractivity contribution in [1.29, 1.82) is 0 Å². The molecule has 0 aromatic carbocycles. The van der Waals surface area contributed by atoms with Gasteiger partial charge in [0.2, 0.25) is 0 Å². The molecule has 0 bridgehead atoms. The Bertz CT molecular complexity index is 455. The van der Waals surface area contributed by atoms with Crippen LogP contribution in [0.2, 0.25) is 0 Å². The predicted octanol–water partition coefficient (Wildman–Crippen LogP) is -2.29. The van der Waals surface area contributed by atoms with Gasteiger partial charge in [0.25, 0.3) is 0 Å². The Balaban J connectivity index is 5.12. The monoisotopic (exact) mass is 270 g/mol. The van der Waals surface area contributed by atoms with Gasteiger partial charge < -0.3 is 11.7 Å². The summed E-state index contributed by atoms with van der Waals surface area (Å²) in [5, 5.41) is 6.38. The number of hydrogen-bond donors (Lipinski definition) is 2. The fraction of sp³-hybridized carbons (Fsp3) is 0.667. The molecule has 0 rings (SSSR count). The van der Waals surface area contributed by atoms with Gasteiger partial charge in [-0.25, -0.2) is 16.8 Å². The van der Waals surface area contributed by atoms with Crippen LogP contribution >= 0.6 is 0 Å². The Labute approximate surface area is 94.2 Å². The van der Waals surface area contributed by atoms with Crippen molar-refractivity contribution in [2.24, 2.45) is 21.9 Å². The fourth-order valence-corrected chi connectivity index (χ4v) is 2.36. The molecule has 0 unspecified atom stereocenters. The Morgan fingerprint density at radius 1 is 0.875 bits per heavy atom. The minimum Gasteiger partial charge on any atom is -0.323 e. The summed E-state index contributed by atoms with van der Waals surface area (Å²) in [5.74, 6) is 8.93. The summed E-state index contributed by atoms with van der Waals surface area (Å²) in [5.41, 5.74) is -0.314. The van der Waals surface area contributed by atoms with Crippen LogP contribution in [0.15, 0.2) is 10.2 Å². The highest BCUT2D eigenvalue weighted by Crippen LogP contribution is 1.94. The Morgan fingerprint density at radius 2 is 1.12 bits per heavy atom. The van der Waals surface area contributed by atoms with Crippen LogP contribution in [0.5, 0.6) is 0 Å². The molecule has 10 heteroatoms. The van der Waals surface area contributed by atoms with Gasteiger partial charge >= 0.3 is 0 Å². The molecule has 8 nitrogen and oxygen atoms in total. The van der Waals surface area contributed by atoms with Gasteiger partial charge in [0.05, 0.1) is 22.9 Å². The van der Waals surface area contributed by atoms with E-state index in [4.69, 9.17) is 11.7 Å². The molecule has 0 aliphatic heterocycles. The van der Waals surface area contributed by atoms with Crippen molar-refractivity contribution in [3.8, 4) is 0 Å². The van der Waals surface area contributed by atoms with Gasteiger partial charge in [0.1, 0.15) is 0 Å². The van der Waals surface area contributed by atoms with Crippen LogP contribution < -0.4 is 11.7 Å². The van der Waals surface area contributed by atoms with Gasteiger partial charge in [0, 0.05) is 12.5 Å². The first-order chi connectivity index (χ1) is 7.09. The molecule has 0 atom stereocenters. The zero-order valence-corrected chi connectivity index (χ0v) is 10.5. The van der Waals surface area contributed by atoms with Gasteiger partial charge in [-0.15, -0.1) is 0 Å². The van der Waals surface area contributed by atoms with Gasteiger partial charge in [0.15, 0.2) is 19.7 Å². The van der Waals surface area contributed by atoms with Gasteiger partial charge in [-0.2, -0.15) is 10.2 Å². The third kappa shape index (κ3) is 6.35. The Morgan fingerprint density at radius 3 is 1.25 bits per heavy atom. The zero-order chi connectivity index (χ0) is 13.0. The van der Waals surface area contributed by atoms with Crippen molar-refractivity contribution in [3.63, 3.8) is 0 Å². The largest absolute Gasteiger partial charge is 0.323 e. The molecule has 0 saturated carbocycles. The molecule has 0 aromatic rings. The van der Waals surface area contributed by atoms with E-state index in [2.05, 4.69) is 10.2 Å². The van der Waals surface area contributed by atoms with Crippen molar-refractivity contribution in [3.05, 3.63) is 0 Å². The molecule has 0 heterocycles. The van der Waals surface area contributed by atoms with Crippen LogP contribution in [0, 0.1) is 0 Å². The molecule has 94 valence electrons. The van der Waals surface area contributed by atoms with E-state index in [1.807, 2.05) is 0 Å². The second kappa shape index (κ2) is 5.25. The average molecular weight is 270 g/mol. The van der Waals surface area contributed by atoms with Crippen LogP contribution in [-0.4, -0.2) is 52.3 Å². The van der Waals surface area contributed by atoms with Crippen LogP contribution in [0.4, 0.5) is 0 Å². The molecule has 0 saturated heterocycles. The van der Waals surface area contributed by atoms with Crippen LogP contribution in [-0.2, 0) is 19.7 Å². The molecule has 16 heavy (non-hydrogen) atoms. The molecule has 0 aromatic heterocycles. The second-order valence-corrected chi connectivity index (χ2v) is 7.57. The first-order valence-corrected chi connectivity index (χ1v) is 8.10. The SMILES string of the molecule is CS(=O)(=O)CC(=N\N)/C(CS(C)(=O)=O)=N/N. The predicted molar refractivity (Wildman–Crippen MR) is 62.7 cm³/mol. The summed E-state index contributed by atoms with van der Waals surface area (Å²) >= 11 is 0. The van der Waals surface area contributed by atoms with Crippen LogP contribution in [0.25, 0.3) is 0 Å². The maximum Gasteiger partial charge on any atom is 0.153 e. The summed E-state index contributed by atoms with van der Waals surface area (Å²) in [7, 11) is -6.78. The third-order valence-electron chi connectivity index (χ3n) is 1.44. The number of hydrogen-bond acceptors (Lipinski definition) is 8. The topological polar surface area (TPSA) is 145 Å². The van der Waals surface area contributed by atoms with E-state index in [0.29, 0.717) is 0 Å². The summed E-state index contributed by atoms with van der Waals surface area (Å²) in [4.78, 5) is 0. The first kappa shape index (κ1) is 14.8. The highest BCUT2D eigenvalue weighted by molar-refractivity contribution is 7.92. The number of nitrogens with zero attached hydrogens (tertiary/aromatic N) is 2. The standard InChI is InChI=1S/C6H14N4O4S2/c1-15(11,12)3-5(9-7)6(10-8)4-16(2,13)14/h3-4,7-8H2,1-2H3/b9-5+,10-6+. The van der Waals surface area contributed by atoms with E-state index in [0.717, 1.165) is 12.5 Å². The highest BCUT2D eigenvalue weighted by atomic mass is 32.2. The summed E-state index contributed by atoms with van der Waals surface area (Å²) in [6.07, 6.45) is 1.93. The second-order valence-electron chi connectivity index (χ2n) is 3.29. The van der Waals surface area contributed by atoms with Gasteiger partial charge in [-0.3, -0.25) is 0 Å². The molecule has 0 aliphatic carbocycles. The molecular formula is C6H14N4O4S2. The lowest BCUT2D eigenvalue weighted by Crippen LogP contribution is -2.31. The van der Waals surface area contributed by atoms with E-state index < -0.39 is 31.2 Å². The fourth-order valence-electron chi connectivity index (χ4n) is 0.887. The maximum absolute atomic E-state index is 11.0. The minimum atomic E-state index is -3.39. The quantitative estimate of drug-likeness (QED) is 0.326. The summed E-state index contributed by atoms with van der Waals surface area (Å²) in [6.45, 7) is 0. The lowest BCUT2D eigenvalue weighted by molar-refractivity contribution is 0.603. The molecule has 0 radical (unpaired) electrons. The van der Waals surface area contributed by atoms with Crippen molar-refractivity contribution in [2.45, 2.75) is 0 Å². The lowest BCUT2D eigenvalue weighted by atomic mass is 10.3. The molecule has 0 spiro atoms. The number of sulfone groups is 2. The summed E-state index contributed by atoms with van der Waals surface area (Å²) in [6, 6.07) is 0. The van der Waals surface area contributed by atoms with Crippen molar-refractivity contribution in [2.75, 3.05) is 24.0 Å². The molecule has 4 N–H and O–H groups in total. The maximum atomic E-state index is 11.0. The van der Waals surface area contributed by atoms with Crippen molar-refractivity contribution >= 4 is 31.1 Å². The molecule has 0 aliphatic rings. The van der Waals surface area contributed by atoms with E-state index in [-0.39, 0.29) is 11.4 Å². The number of rotatable bonds is 5. The van der Waals surface area contributed by atoms with Crippen molar-refractivity contribution in [1.82, 2.24) is 0 Å². The Kier molecular flexibility index (Phi) is 4.87. The molecule has 0 fully saturated rings. The Hall–Kier alpha value is -1.16. The van der Waals surface area contributed by atoms with E-state index in [1.165, 1.54) is 0 Å². The average Bonchev–Trinajstić information content (AvgIpc) is 2.07. The molecular weight excluding hydrogens is 256 g/mol. The minimum absolute atomic E-state index is 0.157. The first-order valence-electron chi connectivity index (χ1n) is 3.98. The zero-order valence-electron chi connectivity index (χ0n) is 8.91. The normalized spacial score (nSPS) is 15.1. The molecule has 0 amide bonds. The van der Waals surface area contributed by atoms with E-state index >= 15 is 0 Å². The summed E-state index contributed by atoms with van der Waals surface area (Å²) < 4.78 is 44.0. The van der Waals surface area contributed by atoms with E-state index in [1.54, 1.807) is 0 Å². The third-order valence-corrected chi connectivity index (χ3v) is 3.04. The number of nitrogens with two attached hydrogens (primary N) is 2. The van der Waals surface area contributed by atoms with Gasteiger partial charge in [-0.05, 0) is 0 Å². The van der Waals surface area contributed by atoms with Crippen molar-refractivity contribution < 1.29 is 16.8 Å². The van der Waals surface area contributed by atoms with Crippen LogP contribution in [0.1, 0.15) is 0 Å². The lowest BCUT2D eigenvalue weighted by Gasteiger charge is -2.05. The van der Waals surface area contributed by atoms with Gasteiger partial charge in [-0.1, -0.05) is 0 Å². The highest BCUT2D eigenvalue weighted by Gasteiger charge is 2.19. The van der Waals surface area contributed by atoms with E-state index in [9.17, 15) is 16.8 Å². The van der Waals surface area contributed by atoms with Crippen LogP contribution in [0.3, 0.4) is 0 Å². The smallest absolute Gasteiger partial charge is 0.153 e. The number of hydrazone groups is 2.